The Hall–Kier alpha value is -2.64. The summed E-state index contributed by atoms with van der Waals surface area (Å²) in [6.07, 6.45) is 0. The summed E-state index contributed by atoms with van der Waals surface area (Å²) in [5, 5.41) is 3.43. The molecule has 7 heteroatoms. The van der Waals surface area contributed by atoms with Crippen LogP contribution in [-0.4, -0.2) is 37.2 Å². The number of hydrogen-bond donors (Lipinski definition) is 2. The lowest BCUT2D eigenvalue weighted by atomic mass is 10.1. The molecule has 144 valence electrons. The zero-order chi connectivity index (χ0) is 19.7. The van der Waals surface area contributed by atoms with Crippen LogP contribution >= 0.6 is 15.9 Å². The van der Waals surface area contributed by atoms with Gasteiger partial charge >= 0.3 is 0 Å². The molecule has 2 N–H and O–H groups in total. The van der Waals surface area contributed by atoms with Crippen LogP contribution in [0.5, 0.6) is 0 Å². The molecular weight excluding hydrogens is 422 g/mol. The number of fused-ring (bicyclic) bond motifs is 1. The van der Waals surface area contributed by atoms with Gasteiger partial charge in [-0.1, -0.05) is 6.07 Å². The fourth-order valence-electron chi connectivity index (χ4n) is 3.39. The monoisotopic (exact) mass is 441 g/mol. The largest absolute Gasteiger partial charge is 0.378 e. The molecule has 0 bridgehead atoms. The number of nitrogens with one attached hydrogen (secondary N) is 2. The highest BCUT2D eigenvalue weighted by Crippen LogP contribution is 2.23. The summed E-state index contributed by atoms with van der Waals surface area (Å²) < 4.78 is 6.12. The van der Waals surface area contributed by atoms with E-state index in [9.17, 15) is 9.59 Å². The van der Waals surface area contributed by atoms with Crippen molar-refractivity contribution in [3.8, 4) is 0 Å². The second-order valence-electron chi connectivity index (χ2n) is 6.76. The lowest BCUT2D eigenvalue weighted by molar-refractivity contribution is 0.102. The van der Waals surface area contributed by atoms with Crippen LogP contribution in [0.1, 0.15) is 16.1 Å². The third kappa shape index (κ3) is 3.68. The molecule has 0 atom stereocenters. The molecule has 2 heterocycles. The predicted molar refractivity (Wildman–Crippen MR) is 114 cm³/mol. The molecule has 2 aromatic carbocycles. The number of carbonyl (C=O) groups is 1. The van der Waals surface area contributed by atoms with Crippen molar-refractivity contribution in [3.05, 3.63) is 68.4 Å². The fraction of sp³-hybridized carbons (Fsp3) is 0.238. The third-order valence-corrected chi connectivity index (χ3v) is 5.55. The first-order valence-electron chi connectivity index (χ1n) is 9.09. The number of hydrogen-bond acceptors (Lipinski definition) is 4. The van der Waals surface area contributed by atoms with E-state index in [1.165, 1.54) is 6.07 Å². The Morgan fingerprint density at radius 1 is 1.14 bits per heavy atom. The molecule has 0 spiro atoms. The number of rotatable bonds is 3. The maximum Gasteiger partial charge on any atom is 0.272 e. The van der Waals surface area contributed by atoms with E-state index in [1.807, 2.05) is 43.3 Å². The Morgan fingerprint density at radius 3 is 2.57 bits per heavy atom. The number of anilines is 2. The minimum atomic E-state index is -0.355. The summed E-state index contributed by atoms with van der Waals surface area (Å²) in [5.41, 5.74) is 3.30. The highest BCUT2D eigenvalue weighted by Gasteiger charge is 2.14. The molecule has 1 amide bonds. The second-order valence-corrected chi connectivity index (χ2v) is 7.62. The normalized spacial score (nSPS) is 14.3. The number of pyridine rings is 1. The molecule has 0 saturated carbocycles. The smallest absolute Gasteiger partial charge is 0.272 e. The maximum atomic E-state index is 12.7. The van der Waals surface area contributed by atoms with Crippen LogP contribution in [0.4, 0.5) is 11.4 Å². The van der Waals surface area contributed by atoms with Gasteiger partial charge in [-0.25, -0.2) is 0 Å². The minimum absolute atomic E-state index is 0.180. The SMILES string of the molecule is Cc1ccc(Br)c2[nH]c(C(=O)Nc3ccc(N4CCOCC4)cc3)cc(=O)c12. The number of carbonyl (C=O) groups excluding carboxylic acids is 1. The van der Waals surface area contributed by atoms with Crippen molar-refractivity contribution < 1.29 is 9.53 Å². The van der Waals surface area contributed by atoms with Crippen LogP contribution in [0.3, 0.4) is 0 Å². The van der Waals surface area contributed by atoms with Gasteiger partial charge in [-0.2, -0.15) is 0 Å². The summed E-state index contributed by atoms with van der Waals surface area (Å²) in [6.45, 7) is 5.04. The Balaban J connectivity index is 1.57. The van der Waals surface area contributed by atoms with Gasteiger partial charge in [0.2, 0.25) is 0 Å². The number of aromatic nitrogens is 1. The molecule has 0 radical (unpaired) electrons. The molecule has 1 aliphatic heterocycles. The molecule has 4 rings (SSSR count). The Morgan fingerprint density at radius 2 is 1.86 bits per heavy atom. The average molecular weight is 442 g/mol. The molecule has 0 unspecified atom stereocenters. The standard InChI is InChI=1S/C21H20BrN3O3/c1-13-2-7-16(22)20-19(13)18(26)12-17(24-20)21(27)23-14-3-5-15(6-4-14)25-8-10-28-11-9-25/h2-7,12H,8-11H2,1H3,(H,23,27)(H,24,26). The first kappa shape index (κ1) is 18.7. The predicted octanol–water partition coefficient (Wildman–Crippen LogP) is 3.69. The van der Waals surface area contributed by atoms with E-state index < -0.39 is 0 Å². The number of benzene rings is 2. The minimum Gasteiger partial charge on any atom is -0.378 e. The molecule has 0 aliphatic carbocycles. The van der Waals surface area contributed by atoms with Crippen molar-refractivity contribution in [2.75, 3.05) is 36.5 Å². The Bertz CT molecular complexity index is 1090. The number of aromatic amines is 1. The van der Waals surface area contributed by atoms with Crippen molar-refractivity contribution in [1.29, 1.82) is 0 Å². The lowest BCUT2D eigenvalue weighted by Crippen LogP contribution is -2.36. The summed E-state index contributed by atoms with van der Waals surface area (Å²) in [6, 6.07) is 12.8. The summed E-state index contributed by atoms with van der Waals surface area (Å²) in [4.78, 5) is 30.5. The first-order valence-corrected chi connectivity index (χ1v) is 9.88. The number of nitrogens with zero attached hydrogens (tertiary/aromatic N) is 1. The number of morpholine rings is 1. The molecule has 1 saturated heterocycles. The van der Waals surface area contributed by atoms with Gasteiger partial charge in [0.25, 0.3) is 5.91 Å². The molecule has 3 aromatic rings. The maximum absolute atomic E-state index is 12.7. The van der Waals surface area contributed by atoms with Crippen molar-refractivity contribution in [2.45, 2.75) is 6.92 Å². The van der Waals surface area contributed by atoms with E-state index in [2.05, 4.69) is 31.1 Å². The van der Waals surface area contributed by atoms with Crippen LogP contribution in [-0.2, 0) is 4.74 Å². The topological polar surface area (TPSA) is 74.4 Å². The van der Waals surface area contributed by atoms with E-state index >= 15 is 0 Å². The third-order valence-electron chi connectivity index (χ3n) is 4.89. The zero-order valence-electron chi connectivity index (χ0n) is 15.4. The van der Waals surface area contributed by atoms with Gasteiger partial charge < -0.3 is 19.9 Å². The molecule has 1 aromatic heterocycles. The van der Waals surface area contributed by atoms with Gasteiger partial charge in [0.15, 0.2) is 5.43 Å². The van der Waals surface area contributed by atoms with Crippen LogP contribution < -0.4 is 15.6 Å². The van der Waals surface area contributed by atoms with Crippen molar-refractivity contribution >= 4 is 44.1 Å². The van der Waals surface area contributed by atoms with Crippen molar-refractivity contribution in [2.24, 2.45) is 0 Å². The van der Waals surface area contributed by atoms with Gasteiger partial charge in [-0.05, 0) is 58.7 Å². The highest BCUT2D eigenvalue weighted by atomic mass is 79.9. The summed E-state index contributed by atoms with van der Waals surface area (Å²) >= 11 is 3.45. The highest BCUT2D eigenvalue weighted by molar-refractivity contribution is 9.10. The molecule has 28 heavy (non-hydrogen) atoms. The van der Waals surface area contributed by atoms with Crippen LogP contribution in [0, 0.1) is 6.92 Å². The van der Waals surface area contributed by atoms with Gasteiger partial charge in [0, 0.05) is 40.4 Å². The van der Waals surface area contributed by atoms with Gasteiger partial charge in [-0.3, -0.25) is 9.59 Å². The summed E-state index contributed by atoms with van der Waals surface area (Å²) in [5.74, 6) is -0.355. The molecule has 1 fully saturated rings. The average Bonchev–Trinajstić information content (AvgIpc) is 2.71. The Labute approximate surface area is 170 Å². The first-order chi connectivity index (χ1) is 13.5. The van der Waals surface area contributed by atoms with Crippen LogP contribution in [0.25, 0.3) is 10.9 Å². The number of H-pyrrole nitrogens is 1. The van der Waals surface area contributed by atoms with Gasteiger partial charge in [0.05, 0.1) is 18.7 Å². The number of halogens is 1. The van der Waals surface area contributed by atoms with E-state index in [0.29, 0.717) is 16.6 Å². The van der Waals surface area contributed by atoms with Gasteiger partial charge in [-0.15, -0.1) is 0 Å². The molecular formula is C21H20BrN3O3. The van der Waals surface area contributed by atoms with E-state index in [4.69, 9.17) is 4.74 Å². The van der Waals surface area contributed by atoms with Crippen molar-refractivity contribution in [3.63, 3.8) is 0 Å². The molecule has 6 nitrogen and oxygen atoms in total. The Kier molecular flexibility index (Phi) is 5.19. The van der Waals surface area contributed by atoms with Crippen molar-refractivity contribution in [1.82, 2.24) is 4.98 Å². The second kappa shape index (κ2) is 7.77. The number of amides is 1. The zero-order valence-corrected chi connectivity index (χ0v) is 17.0. The van der Waals surface area contributed by atoms with E-state index in [0.717, 1.165) is 42.0 Å². The van der Waals surface area contributed by atoms with Gasteiger partial charge in [0.1, 0.15) is 5.69 Å². The van der Waals surface area contributed by atoms with E-state index in [1.54, 1.807) is 0 Å². The number of ether oxygens (including phenoxy) is 1. The fourth-order valence-corrected chi connectivity index (χ4v) is 3.82. The lowest BCUT2D eigenvalue weighted by Gasteiger charge is -2.28. The van der Waals surface area contributed by atoms with E-state index in [-0.39, 0.29) is 17.0 Å². The van der Waals surface area contributed by atoms with Crippen LogP contribution in [0.15, 0.2) is 51.7 Å². The quantitative estimate of drug-likeness (QED) is 0.649. The summed E-state index contributed by atoms with van der Waals surface area (Å²) in [7, 11) is 0. The van der Waals surface area contributed by atoms with Crippen LogP contribution in [0.2, 0.25) is 0 Å². The molecule has 1 aliphatic rings. The number of aryl methyl sites for hydroxylation is 1.